The van der Waals surface area contributed by atoms with E-state index in [0.717, 1.165) is 17.9 Å². The molecule has 0 aliphatic heterocycles. The maximum Gasteiger partial charge on any atom is 0.0406 e. The molecule has 2 rings (SSSR count). The Hall–Kier alpha value is -1.31. The topological polar surface area (TPSA) is 26.0 Å². The fourth-order valence-electron chi connectivity index (χ4n) is 2.14. The maximum absolute atomic E-state index is 5.88. The van der Waals surface area contributed by atoms with Crippen LogP contribution in [-0.2, 0) is 6.42 Å². The van der Waals surface area contributed by atoms with Gasteiger partial charge in [0.1, 0.15) is 0 Å². The number of rotatable bonds is 5. The van der Waals surface area contributed by atoms with Crippen LogP contribution in [0.15, 0.2) is 54.6 Å². The van der Waals surface area contributed by atoms with Crippen molar-refractivity contribution in [3.05, 3.63) is 70.7 Å². The Labute approximate surface area is 114 Å². The summed E-state index contributed by atoms with van der Waals surface area (Å²) < 4.78 is 0. The van der Waals surface area contributed by atoms with E-state index in [9.17, 15) is 0 Å². The van der Waals surface area contributed by atoms with Crippen molar-refractivity contribution in [1.29, 1.82) is 0 Å². The van der Waals surface area contributed by atoms with Crippen molar-refractivity contribution in [3.8, 4) is 0 Å². The van der Waals surface area contributed by atoms with Gasteiger partial charge in [0.15, 0.2) is 0 Å². The minimum Gasteiger partial charge on any atom is -0.330 e. The largest absolute Gasteiger partial charge is 0.330 e. The van der Waals surface area contributed by atoms with E-state index >= 15 is 0 Å². The van der Waals surface area contributed by atoms with Gasteiger partial charge in [-0.1, -0.05) is 54.1 Å². The summed E-state index contributed by atoms with van der Waals surface area (Å²) >= 11 is 5.88. The highest BCUT2D eigenvalue weighted by Crippen LogP contribution is 2.21. The predicted molar refractivity (Wildman–Crippen MR) is 78.0 cm³/mol. The van der Waals surface area contributed by atoms with Crippen molar-refractivity contribution in [2.24, 2.45) is 5.73 Å². The Morgan fingerprint density at radius 1 is 0.944 bits per heavy atom. The third-order valence-electron chi connectivity index (χ3n) is 3.25. The minimum atomic E-state index is 0.432. The van der Waals surface area contributed by atoms with E-state index in [1.807, 2.05) is 18.2 Å². The zero-order valence-electron chi connectivity index (χ0n) is 10.4. The van der Waals surface area contributed by atoms with Crippen molar-refractivity contribution in [2.45, 2.75) is 18.8 Å². The molecule has 1 nitrogen and oxygen atoms in total. The summed E-state index contributed by atoms with van der Waals surface area (Å²) in [7, 11) is 0. The number of halogens is 1. The maximum atomic E-state index is 5.88. The van der Waals surface area contributed by atoms with E-state index < -0.39 is 0 Å². The Bertz CT molecular complexity index is 464. The molecule has 0 spiro atoms. The zero-order chi connectivity index (χ0) is 12.8. The standard InChI is InChI=1S/C16H18ClN/c17-16-10-7-13(8-11-16)6-9-15(12-18)14-4-2-1-3-5-14/h1-5,7-8,10-11,15H,6,9,12,18H2. The molecule has 0 radical (unpaired) electrons. The van der Waals surface area contributed by atoms with Crippen LogP contribution in [0.25, 0.3) is 0 Å². The van der Waals surface area contributed by atoms with Gasteiger partial charge < -0.3 is 5.73 Å². The fourth-order valence-corrected chi connectivity index (χ4v) is 2.26. The van der Waals surface area contributed by atoms with Crippen molar-refractivity contribution < 1.29 is 0 Å². The van der Waals surface area contributed by atoms with Crippen LogP contribution in [0.1, 0.15) is 23.5 Å². The summed E-state index contributed by atoms with van der Waals surface area (Å²) in [5.74, 6) is 0.432. The molecule has 1 unspecified atom stereocenters. The fraction of sp³-hybridized carbons (Fsp3) is 0.250. The molecule has 2 N–H and O–H groups in total. The summed E-state index contributed by atoms with van der Waals surface area (Å²) in [5.41, 5.74) is 8.51. The average molecular weight is 260 g/mol. The molecule has 0 aromatic heterocycles. The lowest BCUT2D eigenvalue weighted by atomic mass is 9.92. The molecule has 0 fully saturated rings. The Morgan fingerprint density at radius 3 is 2.22 bits per heavy atom. The van der Waals surface area contributed by atoms with Gasteiger partial charge in [-0.25, -0.2) is 0 Å². The molecule has 0 aliphatic carbocycles. The van der Waals surface area contributed by atoms with Gasteiger partial charge in [0.2, 0.25) is 0 Å². The first-order chi connectivity index (χ1) is 8.79. The van der Waals surface area contributed by atoms with Crippen molar-refractivity contribution >= 4 is 11.6 Å². The monoisotopic (exact) mass is 259 g/mol. The molecule has 1 atom stereocenters. The molecule has 2 heteroatoms. The highest BCUT2D eigenvalue weighted by Gasteiger charge is 2.09. The first-order valence-corrected chi connectivity index (χ1v) is 6.67. The summed E-state index contributed by atoms with van der Waals surface area (Å²) in [6.45, 7) is 0.692. The molecule has 2 aromatic rings. The van der Waals surface area contributed by atoms with Crippen LogP contribution in [0.4, 0.5) is 0 Å². The van der Waals surface area contributed by atoms with Gasteiger partial charge >= 0.3 is 0 Å². The van der Waals surface area contributed by atoms with Crippen LogP contribution in [0.2, 0.25) is 5.02 Å². The summed E-state index contributed by atoms with van der Waals surface area (Å²) in [6, 6.07) is 18.5. The Balaban J connectivity index is 1.97. The van der Waals surface area contributed by atoms with E-state index in [2.05, 4.69) is 36.4 Å². The molecule has 0 bridgehead atoms. The van der Waals surface area contributed by atoms with Gasteiger partial charge in [0, 0.05) is 5.02 Å². The molecule has 18 heavy (non-hydrogen) atoms. The van der Waals surface area contributed by atoms with Crippen LogP contribution < -0.4 is 5.73 Å². The summed E-state index contributed by atoms with van der Waals surface area (Å²) in [4.78, 5) is 0. The van der Waals surface area contributed by atoms with Gasteiger partial charge in [0.05, 0.1) is 0 Å². The lowest BCUT2D eigenvalue weighted by Gasteiger charge is -2.15. The Kier molecular flexibility index (Phi) is 4.80. The lowest BCUT2D eigenvalue weighted by molar-refractivity contribution is 0.634. The second-order valence-electron chi connectivity index (χ2n) is 4.51. The van der Waals surface area contributed by atoms with Crippen LogP contribution in [0.3, 0.4) is 0 Å². The molecule has 94 valence electrons. The first-order valence-electron chi connectivity index (χ1n) is 6.29. The van der Waals surface area contributed by atoms with E-state index in [1.165, 1.54) is 11.1 Å². The lowest BCUT2D eigenvalue weighted by Crippen LogP contribution is -2.13. The van der Waals surface area contributed by atoms with Gasteiger partial charge in [-0.3, -0.25) is 0 Å². The number of aryl methyl sites for hydroxylation is 1. The Morgan fingerprint density at radius 2 is 1.61 bits per heavy atom. The molecule has 0 aliphatic rings. The third-order valence-corrected chi connectivity index (χ3v) is 3.50. The quantitative estimate of drug-likeness (QED) is 0.863. The highest BCUT2D eigenvalue weighted by molar-refractivity contribution is 6.30. The van der Waals surface area contributed by atoms with Crippen LogP contribution in [-0.4, -0.2) is 6.54 Å². The smallest absolute Gasteiger partial charge is 0.0406 e. The SMILES string of the molecule is NCC(CCc1ccc(Cl)cc1)c1ccccc1. The average Bonchev–Trinajstić information content (AvgIpc) is 2.43. The molecule has 2 aromatic carbocycles. The van der Waals surface area contributed by atoms with Gasteiger partial charge in [-0.15, -0.1) is 0 Å². The normalized spacial score (nSPS) is 12.3. The molecule has 0 heterocycles. The predicted octanol–water partition coefficient (Wildman–Crippen LogP) is 4.02. The summed E-state index contributed by atoms with van der Waals surface area (Å²) in [6.07, 6.45) is 2.11. The van der Waals surface area contributed by atoms with Crippen LogP contribution >= 0.6 is 11.6 Å². The number of nitrogens with two attached hydrogens (primary N) is 1. The van der Waals surface area contributed by atoms with E-state index in [4.69, 9.17) is 17.3 Å². The second-order valence-corrected chi connectivity index (χ2v) is 4.94. The van der Waals surface area contributed by atoms with Gasteiger partial charge in [-0.2, -0.15) is 0 Å². The van der Waals surface area contributed by atoms with E-state index in [1.54, 1.807) is 0 Å². The minimum absolute atomic E-state index is 0.432. The van der Waals surface area contributed by atoms with Crippen molar-refractivity contribution in [2.75, 3.05) is 6.54 Å². The number of hydrogen-bond acceptors (Lipinski definition) is 1. The zero-order valence-corrected chi connectivity index (χ0v) is 11.1. The van der Waals surface area contributed by atoms with Crippen LogP contribution in [0.5, 0.6) is 0 Å². The molecular formula is C16H18ClN. The van der Waals surface area contributed by atoms with E-state index in [0.29, 0.717) is 12.5 Å². The van der Waals surface area contributed by atoms with E-state index in [-0.39, 0.29) is 0 Å². The molecule has 0 amide bonds. The number of benzene rings is 2. The number of hydrogen-bond donors (Lipinski definition) is 1. The summed E-state index contributed by atoms with van der Waals surface area (Å²) in [5, 5.41) is 0.789. The highest BCUT2D eigenvalue weighted by atomic mass is 35.5. The third kappa shape index (κ3) is 3.59. The van der Waals surface area contributed by atoms with Gasteiger partial charge in [0.25, 0.3) is 0 Å². The first kappa shape index (κ1) is 13.1. The molecular weight excluding hydrogens is 242 g/mol. The van der Waals surface area contributed by atoms with Gasteiger partial charge in [-0.05, 0) is 48.6 Å². The second kappa shape index (κ2) is 6.58. The molecule has 0 saturated carbocycles. The van der Waals surface area contributed by atoms with Crippen molar-refractivity contribution in [1.82, 2.24) is 0 Å². The molecule has 0 saturated heterocycles. The van der Waals surface area contributed by atoms with Crippen molar-refractivity contribution in [3.63, 3.8) is 0 Å². The van der Waals surface area contributed by atoms with Crippen LogP contribution in [0, 0.1) is 0 Å².